The monoisotopic (exact) mass is 290 g/mol. The van der Waals surface area contributed by atoms with E-state index in [-0.39, 0.29) is 18.0 Å². The van der Waals surface area contributed by atoms with Crippen LogP contribution in [-0.2, 0) is 17.8 Å². The zero-order valence-electron chi connectivity index (χ0n) is 13.1. The molecule has 0 saturated carbocycles. The lowest BCUT2D eigenvalue weighted by Crippen LogP contribution is -2.54. The predicted molar refractivity (Wildman–Crippen MR) is 82.0 cm³/mol. The number of fused-ring (bicyclic) bond motifs is 1. The molecule has 2 aliphatic rings. The molecule has 0 spiro atoms. The fourth-order valence-corrected chi connectivity index (χ4v) is 3.64. The number of carbonyl (C=O) groups excluding carboxylic acids is 1. The van der Waals surface area contributed by atoms with Gasteiger partial charge < -0.3 is 9.88 Å². The Morgan fingerprint density at radius 2 is 2.24 bits per heavy atom. The van der Waals surface area contributed by atoms with Crippen molar-refractivity contribution in [3.8, 4) is 0 Å². The average Bonchev–Trinajstić information content (AvgIpc) is 2.94. The first-order valence-electron chi connectivity index (χ1n) is 8.21. The number of likely N-dealkylation sites (tertiary alicyclic amines) is 1. The molecule has 1 aromatic heterocycles. The number of imidazole rings is 1. The van der Waals surface area contributed by atoms with Gasteiger partial charge in [-0.1, -0.05) is 6.42 Å². The highest BCUT2D eigenvalue weighted by Crippen LogP contribution is 2.20. The molecule has 0 aliphatic carbocycles. The van der Waals surface area contributed by atoms with E-state index >= 15 is 0 Å². The van der Waals surface area contributed by atoms with Crippen LogP contribution < -0.4 is 5.32 Å². The minimum absolute atomic E-state index is 0.0583. The van der Waals surface area contributed by atoms with Crippen LogP contribution >= 0.6 is 0 Å². The second kappa shape index (κ2) is 6.18. The van der Waals surface area contributed by atoms with E-state index in [1.165, 1.54) is 6.42 Å². The summed E-state index contributed by atoms with van der Waals surface area (Å²) in [5, 5.41) is 3.27. The van der Waals surface area contributed by atoms with Crippen LogP contribution in [0.15, 0.2) is 12.4 Å². The number of hydrogen-bond donors (Lipinski definition) is 1. The summed E-state index contributed by atoms with van der Waals surface area (Å²) in [7, 11) is 0. The predicted octanol–water partition coefficient (Wildman–Crippen LogP) is 1.58. The number of hydrogen-bond acceptors (Lipinski definition) is 3. The van der Waals surface area contributed by atoms with Crippen molar-refractivity contribution in [1.29, 1.82) is 0 Å². The van der Waals surface area contributed by atoms with Crippen molar-refractivity contribution in [3.05, 3.63) is 18.2 Å². The molecule has 0 bridgehead atoms. The van der Waals surface area contributed by atoms with E-state index in [1.807, 2.05) is 12.4 Å². The lowest BCUT2D eigenvalue weighted by atomic mass is 9.98. The van der Waals surface area contributed by atoms with Gasteiger partial charge in [-0.3, -0.25) is 9.69 Å². The molecule has 1 saturated heterocycles. The van der Waals surface area contributed by atoms with Gasteiger partial charge in [-0.25, -0.2) is 4.98 Å². The van der Waals surface area contributed by atoms with Gasteiger partial charge in [-0.15, -0.1) is 0 Å². The van der Waals surface area contributed by atoms with Crippen molar-refractivity contribution in [2.45, 2.75) is 70.6 Å². The molecule has 1 N–H and O–H groups in total. The third-order valence-corrected chi connectivity index (χ3v) is 4.79. The number of amides is 1. The van der Waals surface area contributed by atoms with Gasteiger partial charge in [0, 0.05) is 37.4 Å². The maximum Gasteiger partial charge on any atom is 0.237 e. The quantitative estimate of drug-likeness (QED) is 0.919. The van der Waals surface area contributed by atoms with Gasteiger partial charge in [0.15, 0.2) is 0 Å². The van der Waals surface area contributed by atoms with E-state index in [4.69, 9.17) is 0 Å². The highest BCUT2D eigenvalue weighted by Gasteiger charge is 2.32. The van der Waals surface area contributed by atoms with Gasteiger partial charge in [0.1, 0.15) is 5.82 Å². The largest absolute Gasteiger partial charge is 0.350 e. The second-order valence-electron chi connectivity index (χ2n) is 6.58. The highest BCUT2D eigenvalue weighted by molar-refractivity contribution is 5.82. The topological polar surface area (TPSA) is 50.2 Å². The maximum absolute atomic E-state index is 12.7. The van der Waals surface area contributed by atoms with E-state index in [9.17, 15) is 4.79 Å². The molecule has 0 radical (unpaired) electrons. The zero-order chi connectivity index (χ0) is 14.8. The average molecular weight is 290 g/mol. The molecule has 0 aromatic carbocycles. The SMILES string of the molecule is CC(C)N1CCCCC1C(=O)NC1CCc2nccn2C1. The Balaban J connectivity index is 1.61. The molecular formula is C16H26N4O. The lowest BCUT2D eigenvalue weighted by Gasteiger charge is -2.38. The first kappa shape index (κ1) is 14.6. The Kier molecular flexibility index (Phi) is 4.29. The van der Waals surface area contributed by atoms with E-state index in [1.54, 1.807) is 0 Å². The van der Waals surface area contributed by atoms with Crippen molar-refractivity contribution in [3.63, 3.8) is 0 Å². The molecule has 2 unspecified atom stereocenters. The summed E-state index contributed by atoms with van der Waals surface area (Å²) < 4.78 is 2.16. The van der Waals surface area contributed by atoms with Gasteiger partial charge in [0.05, 0.1) is 6.04 Å². The molecule has 3 heterocycles. The van der Waals surface area contributed by atoms with Crippen molar-refractivity contribution in [2.75, 3.05) is 6.54 Å². The Morgan fingerprint density at radius 3 is 3.05 bits per heavy atom. The number of aromatic nitrogens is 2. The summed E-state index contributed by atoms with van der Waals surface area (Å²) >= 11 is 0. The number of carbonyl (C=O) groups is 1. The van der Waals surface area contributed by atoms with Crippen LogP contribution in [-0.4, -0.2) is 45.0 Å². The van der Waals surface area contributed by atoms with Crippen LogP contribution in [0.2, 0.25) is 0 Å². The third kappa shape index (κ3) is 3.12. The lowest BCUT2D eigenvalue weighted by molar-refractivity contribution is -0.129. The standard InChI is InChI=1S/C16H26N4O/c1-12(2)20-9-4-3-5-14(20)16(21)18-13-6-7-15-17-8-10-19(15)11-13/h8,10,12-14H,3-7,9,11H2,1-2H3,(H,18,21). The summed E-state index contributed by atoms with van der Waals surface area (Å²) in [4.78, 5) is 19.3. The first-order chi connectivity index (χ1) is 10.1. The molecule has 2 atom stereocenters. The second-order valence-corrected chi connectivity index (χ2v) is 6.58. The molecule has 3 rings (SSSR count). The Bertz CT molecular complexity index is 496. The highest BCUT2D eigenvalue weighted by atomic mass is 16.2. The summed E-state index contributed by atoms with van der Waals surface area (Å²) in [5.41, 5.74) is 0. The number of nitrogens with zero attached hydrogens (tertiary/aromatic N) is 3. The van der Waals surface area contributed by atoms with Crippen LogP contribution in [0.4, 0.5) is 0 Å². The van der Waals surface area contributed by atoms with Crippen LogP contribution in [0, 0.1) is 0 Å². The van der Waals surface area contributed by atoms with Crippen molar-refractivity contribution >= 4 is 5.91 Å². The summed E-state index contributed by atoms with van der Waals surface area (Å²) in [6.07, 6.45) is 9.18. The fraction of sp³-hybridized carbons (Fsp3) is 0.750. The molecule has 2 aliphatic heterocycles. The van der Waals surface area contributed by atoms with Crippen LogP contribution in [0.25, 0.3) is 0 Å². The van der Waals surface area contributed by atoms with E-state index in [0.29, 0.717) is 6.04 Å². The molecule has 1 aromatic rings. The van der Waals surface area contributed by atoms with Crippen molar-refractivity contribution in [1.82, 2.24) is 19.8 Å². The number of rotatable bonds is 3. The molecule has 1 amide bonds. The van der Waals surface area contributed by atoms with Gasteiger partial charge in [0.2, 0.25) is 5.91 Å². The summed E-state index contributed by atoms with van der Waals surface area (Å²) in [6, 6.07) is 0.741. The Hall–Kier alpha value is -1.36. The smallest absolute Gasteiger partial charge is 0.237 e. The third-order valence-electron chi connectivity index (χ3n) is 4.79. The Morgan fingerprint density at radius 1 is 1.38 bits per heavy atom. The van der Waals surface area contributed by atoms with Crippen molar-refractivity contribution < 1.29 is 4.79 Å². The molecule has 5 heteroatoms. The summed E-state index contributed by atoms with van der Waals surface area (Å²) in [5.74, 6) is 1.36. The summed E-state index contributed by atoms with van der Waals surface area (Å²) in [6.45, 7) is 6.27. The number of nitrogens with one attached hydrogen (secondary N) is 1. The zero-order valence-corrected chi connectivity index (χ0v) is 13.1. The molecule has 21 heavy (non-hydrogen) atoms. The number of piperidine rings is 1. The van der Waals surface area contributed by atoms with Gasteiger partial charge in [-0.2, -0.15) is 0 Å². The van der Waals surface area contributed by atoms with E-state index < -0.39 is 0 Å². The van der Waals surface area contributed by atoms with Crippen molar-refractivity contribution in [2.24, 2.45) is 0 Å². The normalized spacial score (nSPS) is 26.6. The van der Waals surface area contributed by atoms with Gasteiger partial charge >= 0.3 is 0 Å². The molecule has 116 valence electrons. The van der Waals surface area contributed by atoms with Crippen LogP contribution in [0.3, 0.4) is 0 Å². The molecule has 1 fully saturated rings. The van der Waals surface area contributed by atoms with Crippen LogP contribution in [0.1, 0.15) is 45.4 Å². The van der Waals surface area contributed by atoms with Gasteiger partial charge in [0.25, 0.3) is 0 Å². The minimum atomic E-state index is 0.0583. The van der Waals surface area contributed by atoms with Gasteiger partial charge in [-0.05, 0) is 39.7 Å². The fourth-order valence-electron chi connectivity index (χ4n) is 3.64. The van der Waals surface area contributed by atoms with Crippen LogP contribution in [0.5, 0.6) is 0 Å². The Labute approximate surface area is 126 Å². The first-order valence-corrected chi connectivity index (χ1v) is 8.21. The molecule has 5 nitrogen and oxygen atoms in total. The van der Waals surface area contributed by atoms with E-state index in [0.717, 1.165) is 44.6 Å². The number of aryl methyl sites for hydroxylation is 1. The minimum Gasteiger partial charge on any atom is -0.350 e. The maximum atomic E-state index is 12.7. The van der Waals surface area contributed by atoms with E-state index in [2.05, 4.69) is 33.6 Å². The molecular weight excluding hydrogens is 264 g/mol.